The first kappa shape index (κ1) is 7.76. The van der Waals surface area contributed by atoms with Crippen LogP contribution in [-0.2, 0) is 6.42 Å². The van der Waals surface area contributed by atoms with Crippen LogP contribution in [0.4, 0.5) is 0 Å². The highest BCUT2D eigenvalue weighted by Crippen LogP contribution is 2.24. The summed E-state index contributed by atoms with van der Waals surface area (Å²) in [4.78, 5) is 0. The summed E-state index contributed by atoms with van der Waals surface area (Å²) in [7, 11) is 0. The maximum atomic E-state index is 9.14. The molecule has 0 saturated heterocycles. The zero-order valence-corrected chi connectivity index (χ0v) is 7.47. The summed E-state index contributed by atoms with van der Waals surface area (Å²) in [5.41, 5.74) is 1.67. The third kappa shape index (κ3) is 1.23. The number of thiophene rings is 1. The average molecular weight is 183 g/mol. The van der Waals surface area contributed by atoms with Gasteiger partial charge in [-0.2, -0.15) is 0 Å². The summed E-state index contributed by atoms with van der Waals surface area (Å²) in [6.45, 7) is 1.74. The van der Waals surface area contributed by atoms with Gasteiger partial charge in [-0.15, -0.1) is 11.3 Å². The second kappa shape index (κ2) is 2.88. The predicted molar refractivity (Wildman–Crippen MR) is 47.3 cm³/mol. The van der Waals surface area contributed by atoms with E-state index in [0.717, 1.165) is 16.0 Å². The molecule has 0 aliphatic heterocycles. The van der Waals surface area contributed by atoms with Crippen molar-refractivity contribution in [3.05, 3.63) is 17.1 Å². The van der Waals surface area contributed by atoms with Crippen LogP contribution >= 0.6 is 11.3 Å². The van der Waals surface area contributed by atoms with E-state index in [1.165, 1.54) is 0 Å². The van der Waals surface area contributed by atoms with Crippen molar-refractivity contribution in [3.8, 4) is 0 Å². The monoisotopic (exact) mass is 183 g/mol. The number of nitrogens with zero attached hydrogens (tertiary/aromatic N) is 1. The van der Waals surface area contributed by atoms with E-state index in [1.54, 1.807) is 18.3 Å². The fraction of sp³-hybridized carbons (Fsp3) is 0.375. The van der Waals surface area contributed by atoms with Crippen LogP contribution in [-0.4, -0.2) is 16.4 Å². The number of aliphatic hydroxyl groups is 1. The molecule has 1 N–H and O–H groups in total. The van der Waals surface area contributed by atoms with Crippen LogP contribution in [0.15, 0.2) is 16.0 Å². The molecule has 3 nitrogen and oxygen atoms in total. The van der Waals surface area contributed by atoms with Gasteiger partial charge >= 0.3 is 0 Å². The van der Waals surface area contributed by atoms with Crippen LogP contribution in [0.25, 0.3) is 10.3 Å². The zero-order valence-electron chi connectivity index (χ0n) is 6.65. The Hall–Kier alpha value is -0.870. The third-order valence-electron chi connectivity index (χ3n) is 1.63. The number of aliphatic hydroxyl groups excluding tert-OH is 1. The van der Waals surface area contributed by atoms with E-state index in [1.807, 2.05) is 11.4 Å². The van der Waals surface area contributed by atoms with Gasteiger partial charge in [0.05, 0.1) is 10.8 Å². The Morgan fingerprint density at radius 3 is 3.33 bits per heavy atom. The number of fused-ring (bicyclic) bond motifs is 1. The highest BCUT2D eigenvalue weighted by Gasteiger charge is 2.10. The van der Waals surface area contributed by atoms with Gasteiger partial charge in [-0.25, -0.2) is 0 Å². The van der Waals surface area contributed by atoms with Crippen molar-refractivity contribution in [1.29, 1.82) is 0 Å². The normalized spacial score (nSPS) is 13.8. The average Bonchev–Trinajstić information content (AvgIpc) is 2.52. The zero-order chi connectivity index (χ0) is 8.55. The van der Waals surface area contributed by atoms with Crippen molar-refractivity contribution in [3.63, 3.8) is 0 Å². The lowest BCUT2D eigenvalue weighted by atomic mass is 10.2. The fourth-order valence-electron chi connectivity index (χ4n) is 1.14. The molecule has 2 rings (SSSR count). The summed E-state index contributed by atoms with van der Waals surface area (Å²) in [5.74, 6) is 0. The molecule has 2 aromatic heterocycles. The van der Waals surface area contributed by atoms with E-state index in [9.17, 15) is 0 Å². The van der Waals surface area contributed by atoms with Gasteiger partial charge in [-0.1, -0.05) is 5.16 Å². The first-order chi connectivity index (χ1) is 5.77. The molecule has 0 fully saturated rings. The minimum Gasteiger partial charge on any atom is -0.393 e. The summed E-state index contributed by atoms with van der Waals surface area (Å²) in [6, 6.07) is 1.89. The summed E-state index contributed by atoms with van der Waals surface area (Å²) in [5, 5.41) is 15.0. The number of hydrogen-bond acceptors (Lipinski definition) is 4. The quantitative estimate of drug-likeness (QED) is 0.772. The number of aromatic nitrogens is 1. The third-order valence-corrected chi connectivity index (χ3v) is 2.58. The smallest absolute Gasteiger partial charge is 0.177 e. The van der Waals surface area contributed by atoms with E-state index in [0.29, 0.717) is 6.42 Å². The van der Waals surface area contributed by atoms with Gasteiger partial charge in [0.1, 0.15) is 5.69 Å². The molecule has 12 heavy (non-hydrogen) atoms. The van der Waals surface area contributed by atoms with E-state index in [2.05, 4.69) is 5.16 Å². The topological polar surface area (TPSA) is 46.3 Å². The van der Waals surface area contributed by atoms with Gasteiger partial charge in [0.2, 0.25) is 0 Å². The largest absolute Gasteiger partial charge is 0.393 e. The lowest BCUT2D eigenvalue weighted by Gasteiger charge is -1.97. The number of hydrogen-bond donors (Lipinski definition) is 1. The Balaban J connectivity index is 2.40. The molecule has 0 spiro atoms. The predicted octanol–water partition coefficient (Wildman–Crippen LogP) is 1.81. The first-order valence-electron chi connectivity index (χ1n) is 3.77. The van der Waals surface area contributed by atoms with Crippen molar-refractivity contribution in [1.82, 2.24) is 5.16 Å². The molecule has 0 aliphatic carbocycles. The molecule has 0 saturated carbocycles. The van der Waals surface area contributed by atoms with E-state index in [4.69, 9.17) is 9.63 Å². The molecule has 2 heterocycles. The molecular formula is C8H9NO2S. The molecule has 64 valence electrons. The Labute approximate surface area is 73.6 Å². The molecule has 2 aromatic rings. The SMILES string of the molecule is CC(O)Cc1noc2ccsc12. The highest BCUT2D eigenvalue weighted by molar-refractivity contribution is 7.17. The summed E-state index contributed by atoms with van der Waals surface area (Å²) >= 11 is 1.60. The lowest BCUT2D eigenvalue weighted by Crippen LogP contribution is -2.04. The Morgan fingerprint density at radius 2 is 2.58 bits per heavy atom. The van der Waals surface area contributed by atoms with Crippen molar-refractivity contribution < 1.29 is 9.63 Å². The van der Waals surface area contributed by atoms with Crippen LogP contribution in [0.5, 0.6) is 0 Å². The van der Waals surface area contributed by atoms with Gasteiger partial charge in [0.15, 0.2) is 5.58 Å². The molecule has 0 radical (unpaired) electrons. The molecule has 1 atom stereocenters. The van der Waals surface area contributed by atoms with E-state index in [-0.39, 0.29) is 6.10 Å². The molecule has 0 amide bonds. The Kier molecular flexibility index (Phi) is 1.86. The summed E-state index contributed by atoms with van der Waals surface area (Å²) < 4.78 is 6.09. The summed E-state index contributed by atoms with van der Waals surface area (Å²) in [6.07, 6.45) is 0.202. The Morgan fingerprint density at radius 1 is 1.75 bits per heavy atom. The highest BCUT2D eigenvalue weighted by atomic mass is 32.1. The molecule has 0 aliphatic rings. The van der Waals surface area contributed by atoms with Crippen LogP contribution in [0.3, 0.4) is 0 Å². The maximum Gasteiger partial charge on any atom is 0.177 e. The van der Waals surface area contributed by atoms with Crippen LogP contribution in [0, 0.1) is 0 Å². The molecule has 0 bridgehead atoms. The van der Waals surface area contributed by atoms with Crippen LogP contribution in [0.2, 0.25) is 0 Å². The van der Waals surface area contributed by atoms with Crippen molar-refractivity contribution in [2.45, 2.75) is 19.4 Å². The molecule has 4 heteroatoms. The van der Waals surface area contributed by atoms with Crippen LogP contribution in [0.1, 0.15) is 12.6 Å². The van der Waals surface area contributed by atoms with Crippen molar-refractivity contribution in [2.75, 3.05) is 0 Å². The second-order valence-corrected chi connectivity index (χ2v) is 3.71. The van der Waals surface area contributed by atoms with E-state index >= 15 is 0 Å². The van der Waals surface area contributed by atoms with E-state index < -0.39 is 0 Å². The number of rotatable bonds is 2. The first-order valence-corrected chi connectivity index (χ1v) is 4.65. The lowest BCUT2D eigenvalue weighted by molar-refractivity contribution is 0.193. The standard InChI is InChI=1S/C8H9NO2S/c1-5(10)4-6-8-7(11-9-6)2-3-12-8/h2-3,5,10H,4H2,1H3. The Bertz CT molecular complexity index is 377. The minimum atomic E-state index is -0.361. The molecular weight excluding hydrogens is 174 g/mol. The van der Waals surface area contributed by atoms with Gasteiger partial charge < -0.3 is 9.63 Å². The molecule has 0 aromatic carbocycles. The fourth-order valence-corrected chi connectivity index (χ4v) is 1.94. The molecule has 1 unspecified atom stereocenters. The van der Waals surface area contributed by atoms with Gasteiger partial charge in [-0.05, 0) is 18.4 Å². The van der Waals surface area contributed by atoms with Gasteiger partial charge in [0, 0.05) is 6.42 Å². The minimum absolute atomic E-state index is 0.361. The maximum absolute atomic E-state index is 9.14. The van der Waals surface area contributed by atoms with Gasteiger partial charge in [0.25, 0.3) is 0 Å². The van der Waals surface area contributed by atoms with Crippen LogP contribution < -0.4 is 0 Å². The second-order valence-electron chi connectivity index (χ2n) is 2.80. The van der Waals surface area contributed by atoms with Gasteiger partial charge in [-0.3, -0.25) is 0 Å². The van der Waals surface area contributed by atoms with Crippen molar-refractivity contribution in [2.24, 2.45) is 0 Å². The van der Waals surface area contributed by atoms with Crippen molar-refractivity contribution >= 4 is 21.6 Å².